The zero-order chi connectivity index (χ0) is 15.7. The van der Waals surface area contributed by atoms with Crippen LogP contribution in [-0.4, -0.2) is 33.6 Å². The minimum absolute atomic E-state index is 0.357. The van der Waals surface area contributed by atoms with Crippen LogP contribution in [0.1, 0.15) is 16.8 Å². The molecule has 3 rings (SSSR count). The summed E-state index contributed by atoms with van der Waals surface area (Å²) in [5.41, 5.74) is 4.35. The van der Waals surface area contributed by atoms with E-state index in [2.05, 4.69) is 37.1 Å². The molecule has 5 nitrogen and oxygen atoms in total. The van der Waals surface area contributed by atoms with Crippen molar-refractivity contribution in [2.75, 3.05) is 7.05 Å². The van der Waals surface area contributed by atoms with E-state index in [4.69, 9.17) is 5.41 Å². The van der Waals surface area contributed by atoms with Crippen molar-refractivity contribution in [3.8, 4) is 0 Å². The molecule has 1 aliphatic heterocycles. The van der Waals surface area contributed by atoms with Gasteiger partial charge in [0.1, 0.15) is 12.0 Å². The molecule has 2 heterocycles. The van der Waals surface area contributed by atoms with Gasteiger partial charge >= 0.3 is 0 Å². The molecule has 6 heteroatoms. The van der Waals surface area contributed by atoms with E-state index in [9.17, 15) is 0 Å². The smallest absolute Gasteiger partial charge is 0.150 e. The molecule has 0 saturated carbocycles. The second-order valence-corrected chi connectivity index (χ2v) is 5.89. The number of likely N-dealkylation sites (N-methyl/N-ethyl adjacent to an activating group) is 1. The summed E-state index contributed by atoms with van der Waals surface area (Å²) in [6.45, 7) is 2.04. The number of hydrogen-bond acceptors (Lipinski definition) is 4. The number of amidine groups is 1. The third-order valence-corrected chi connectivity index (χ3v) is 3.93. The van der Waals surface area contributed by atoms with E-state index in [-0.39, 0.29) is 0 Å². The van der Waals surface area contributed by atoms with Gasteiger partial charge in [-0.3, -0.25) is 10.4 Å². The van der Waals surface area contributed by atoms with Crippen LogP contribution < -0.4 is 0 Å². The lowest BCUT2D eigenvalue weighted by Gasteiger charge is -2.07. The zero-order valence-corrected chi connectivity index (χ0v) is 13.8. The van der Waals surface area contributed by atoms with Crippen LogP contribution in [0.2, 0.25) is 0 Å². The Hall–Kier alpha value is -2.34. The fraction of sp³-hybridized carbons (Fsp3) is 0.125. The van der Waals surface area contributed by atoms with E-state index in [1.807, 2.05) is 25.1 Å². The molecular weight excluding hydrogens is 342 g/mol. The number of hydrogen-bond donors (Lipinski definition) is 1. The lowest BCUT2D eigenvalue weighted by atomic mass is 10.0. The lowest BCUT2D eigenvalue weighted by molar-refractivity contribution is 0.556. The Morgan fingerprint density at radius 1 is 1.27 bits per heavy atom. The largest absolute Gasteiger partial charge is 0.283 e. The minimum atomic E-state index is 0.357. The normalized spacial score (nSPS) is 16.3. The van der Waals surface area contributed by atoms with Crippen molar-refractivity contribution in [3.63, 3.8) is 0 Å². The van der Waals surface area contributed by atoms with Gasteiger partial charge in [0.05, 0.1) is 5.69 Å². The van der Waals surface area contributed by atoms with Crippen molar-refractivity contribution < 1.29 is 0 Å². The van der Waals surface area contributed by atoms with Crippen molar-refractivity contribution in [2.45, 2.75) is 6.92 Å². The molecule has 0 atom stereocenters. The van der Waals surface area contributed by atoms with E-state index in [0.717, 1.165) is 21.2 Å². The molecule has 0 saturated heterocycles. The Morgan fingerprint density at radius 2 is 2.09 bits per heavy atom. The number of nitrogens with one attached hydrogen (secondary N) is 1. The van der Waals surface area contributed by atoms with Crippen LogP contribution in [0.5, 0.6) is 0 Å². The molecule has 1 aromatic carbocycles. The summed E-state index contributed by atoms with van der Waals surface area (Å²) in [6, 6.07) is 7.86. The standard InChI is InChI=1S/C16H14BrN5/c1-10-7-12(17)4-3-11(10)8-13-15(21-22(2)16(13)18)14-5-6-19-9-20-14/h3-9,18H,1-2H3/b13-8-,18-16?. The molecule has 1 aromatic heterocycles. The van der Waals surface area contributed by atoms with Gasteiger partial charge in [0.15, 0.2) is 5.84 Å². The summed E-state index contributed by atoms with van der Waals surface area (Å²) < 4.78 is 1.04. The lowest BCUT2D eigenvalue weighted by Crippen LogP contribution is -2.16. The van der Waals surface area contributed by atoms with Crippen LogP contribution in [0, 0.1) is 12.3 Å². The van der Waals surface area contributed by atoms with Gasteiger partial charge in [-0.05, 0) is 42.3 Å². The predicted octanol–water partition coefficient (Wildman–Crippen LogP) is 3.26. The Morgan fingerprint density at radius 3 is 2.77 bits per heavy atom. The topological polar surface area (TPSA) is 65.2 Å². The first kappa shape index (κ1) is 14.6. The molecular formula is C16H14BrN5. The number of halogens is 1. The monoisotopic (exact) mass is 355 g/mol. The highest BCUT2D eigenvalue weighted by Gasteiger charge is 2.26. The van der Waals surface area contributed by atoms with Crippen LogP contribution in [0.25, 0.3) is 6.08 Å². The fourth-order valence-electron chi connectivity index (χ4n) is 2.25. The van der Waals surface area contributed by atoms with Gasteiger partial charge < -0.3 is 0 Å². The summed E-state index contributed by atoms with van der Waals surface area (Å²) in [4.78, 5) is 8.17. The maximum absolute atomic E-state index is 8.24. The number of rotatable bonds is 2. The first-order valence-electron chi connectivity index (χ1n) is 6.72. The van der Waals surface area contributed by atoms with Gasteiger partial charge in [-0.1, -0.05) is 22.0 Å². The number of benzene rings is 1. The summed E-state index contributed by atoms with van der Waals surface area (Å²) in [6.07, 6.45) is 5.14. The first-order chi connectivity index (χ1) is 10.6. The van der Waals surface area contributed by atoms with Crippen LogP contribution in [0.15, 0.2) is 51.9 Å². The maximum Gasteiger partial charge on any atom is 0.150 e. The van der Waals surface area contributed by atoms with Gasteiger partial charge in [0, 0.05) is 23.3 Å². The number of hydrazone groups is 1. The fourth-order valence-corrected chi connectivity index (χ4v) is 2.73. The van der Waals surface area contributed by atoms with Crippen molar-refractivity contribution in [1.29, 1.82) is 5.41 Å². The third kappa shape index (κ3) is 2.69. The highest BCUT2D eigenvalue weighted by atomic mass is 79.9. The second kappa shape index (κ2) is 5.81. The predicted molar refractivity (Wildman–Crippen MR) is 90.9 cm³/mol. The molecule has 0 aliphatic carbocycles. The van der Waals surface area contributed by atoms with E-state index in [1.165, 1.54) is 6.33 Å². The zero-order valence-electron chi connectivity index (χ0n) is 12.2. The Balaban J connectivity index is 2.09. The molecule has 110 valence electrons. The van der Waals surface area contributed by atoms with Crippen molar-refractivity contribution in [1.82, 2.24) is 15.0 Å². The average Bonchev–Trinajstić information content (AvgIpc) is 2.79. The van der Waals surface area contributed by atoms with E-state index < -0.39 is 0 Å². The Labute approximate surface area is 137 Å². The van der Waals surface area contributed by atoms with Crippen molar-refractivity contribution in [2.24, 2.45) is 5.10 Å². The molecule has 0 spiro atoms. The molecule has 1 aliphatic rings. The van der Waals surface area contributed by atoms with E-state index in [1.54, 1.807) is 24.3 Å². The molecule has 0 fully saturated rings. The molecule has 2 aromatic rings. The van der Waals surface area contributed by atoms with Crippen LogP contribution in [-0.2, 0) is 0 Å². The summed E-state index contributed by atoms with van der Waals surface area (Å²) >= 11 is 3.47. The number of aromatic nitrogens is 2. The minimum Gasteiger partial charge on any atom is -0.283 e. The highest BCUT2D eigenvalue weighted by molar-refractivity contribution is 9.10. The summed E-state index contributed by atoms with van der Waals surface area (Å²) in [5, 5.41) is 14.2. The van der Waals surface area contributed by atoms with E-state index in [0.29, 0.717) is 17.2 Å². The van der Waals surface area contributed by atoms with Gasteiger partial charge in [-0.15, -0.1) is 0 Å². The SMILES string of the molecule is Cc1cc(Br)ccc1/C=C1\C(=N)N(C)N=C1c1ccncn1. The van der Waals surface area contributed by atoms with Gasteiger partial charge in [0.25, 0.3) is 0 Å². The molecule has 22 heavy (non-hydrogen) atoms. The van der Waals surface area contributed by atoms with Crippen LogP contribution in [0.3, 0.4) is 0 Å². The summed E-state index contributed by atoms with van der Waals surface area (Å²) in [5.74, 6) is 0.357. The molecule has 0 unspecified atom stereocenters. The molecule has 1 N–H and O–H groups in total. The van der Waals surface area contributed by atoms with Crippen LogP contribution >= 0.6 is 15.9 Å². The number of nitrogens with zero attached hydrogens (tertiary/aromatic N) is 4. The third-order valence-electron chi connectivity index (χ3n) is 3.44. The molecule has 0 bridgehead atoms. The first-order valence-corrected chi connectivity index (χ1v) is 7.51. The molecule has 0 radical (unpaired) electrons. The summed E-state index contributed by atoms with van der Waals surface area (Å²) in [7, 11) is 1.76. The second-order valence-electron chi connectivity index (χ2n) is 4.97. The Kier molecular flexibility index (Phi) is 3.85. The molecule has 0 amide bonds. The van der Waals surface area contributed by atoms with Gasteiger partial charge in [-0.25, -0.2) is 9.97 Å². The number of aryl methyl sites for hydroxylation is 1. The van der Waals surface area contributed by atoms with Gasteiger partial charge in [-0.2, -0.15) is 5.10 Å². The van der Waals surface area contributed by atoms with Crippen LogP contribution in [0.4, 0.5) is 0 Å². The quantitative estimate of drug-likeness (QED) is 0.898. The van der Waals surface area contributed by atoms with Crippen molar-refractivity contribution >= 4 is 33.6 Å². The highest BCUT2D eigenvalue weighted by Crippen LogP contribution is 2.23. The maximum atomic E-state index is 8.24. The van der Waals surface area contributed by atoms with Gasteiger partial charge in [0.2, 0.25) is 0 Å². The van der Waals surface area contributed by atoms with E-state index >= 15 is 0 Å². The average molecular weight is 356 g/mol. The van der Waals surface area contributed by atoms with Crippen molar-refractivity contribution in [3.05, 3.63) is 63.7 Å². The Bertz CT molecular complexity index is 795.